The Morgan fingerprint density at radius 2 is 2.17 bits per heavy atom. The Hall–Kier alpha value is -2.97. The maximum absolute atomic E-state index is 12.5. The Kier molecular flexibility index (Phi) is 6.25. The molecular formula is C21H19ClN4O3S. The van der Waals surface area contributed by atoms with Crippen molar-refractivity contribution in [3.8, 4) is 5.75 Å². The van der Waals surface area contributed by atoms with Crippen LogP contribution in [-0.4, -0.2) is 33.5 Å². The number of hydrogen-bond donors (Lipinski definition) is 2. The number of thioether (sulfide) groups is 1. The van der Waals surface area contributed by atoms with Crippen LogP contribution in [0.15, 0.2) is 65.8 Å². The molecule has 2 amide bonds. The van der Waals surface area contributed by atoms with Crippen molar-refractivity contribution in [2.45, 2.75) is 23.1 Å². The number of amides is 2. The van der Waals surface area contributed by atoms with Gasteiger partial charge in [-0.15, -0.1) is 11.8 Å². The number of carbonyl (C=O) groups excluding carboxylic acids is 2. The summed E-state index contributed by atoms with van der Waals surface area (Å²) >= 11 is 7.33. The Morgan fingerprint density at radius 3 is 3.00 bits per heavy atom. The van der Waals surface area contributed by atoms with E-state index in [9.17, 15) is 9.59 Å². The lowest BCUT2D eigenvalue weighted by Crippen LogP contribution is -2.32. The van der Waals surface area contributed by atoms with Crippen molar-refractivity contribution < 1.29 is 14.3 Å². The van der Waals surface area contributed by atoms with Crippen LogP contribution < -0.4 is 15.4 Å². The molecule has 1 unspecified atom stereocenters. The summed E-state index contributed by atoms with van der Waals surface area (Å²) in [6.45, 7) is 1.09. The zero-order valence-electron chi connectivity index (χ0n) is 15.9. The molecule has 0 fully saturated rings. The zero-order chi connectivity index (χ0) is 20.9. The van der Waals surface area contributed by atoms with Crippen molar-refractivity contribution in [1.82, 2.24) is 9.78 Å². The summed E-state index contributed by atoms with van der Waals surface area (Å²) in [5.41, 5.74) is 1.29. The van der Waals surface area contributed by atoms with Gasteiger partial charge in [0.25, 0.3) is 0 Å². The zero-order valence-corrected chi connectivity index (χ0v) is 17.4. The smallest absolute Gasteiger partial charge is 0.238 e. The second-order valence-electron chi connectivity index (χ2n) is 6.63. The Morgan fingerprint density at radius 1 is 1.27 bits per heavy atom. The molecule has 1 atom stereocenters. The standard InChI is InChI=1S/C21H19ClN4O3S/c22-14-5-6-18-17(11-14)25-21(28)19(30-18)13-20(27)24-15-3-1-4-16(12-15)29-10-9-26-8-2-7-23-26/h1-8,11-12,19H,9-10,13H2,(H,24,27)(H,25,28). The van der Waals surface area contributed by atoms with Gasteiger partial charge >= 0.3 is 0 Å². The highest BCUT2D eigenvalue weighted by Crippen LogP contribution is 2.38. The third kappa shape index (κ3) is 5.14. The van der Waals surface area contributed by atoms with Crippen LogP contribution in [0, 0.1) is 0 Å². The van der Waals surface area contributed by atoms with Crippen LogP contribution >= 0.6 is 23.4 Å². The fourth-order valence-corrected chi connectivity index (χ4v) is 4.25. The maximum Gasteiger partial charge on any atom is 0.238 e. The SMILES string of the molecule is O=C(CC1Sc2ccc(Cl)cc2NC1=O)Nc1cccc(OCCn2cccn2)c1. The average Bonchev–Trinajstić information content (AvgIpc) is 3.22. The summed E-state index contributed by atoms with van der Waals surface area (Å²) in [7, 11) is 0. The third-order valence-electron chi connectivity index (χ3n) is 4.40. The Bertz CT molecular complexity index is 1060. The van der Waals surface area contributed by atoms with Gasteiger partial charge in [-0.05, 0) is 36.4 Å². The summed E-state index contributed by atoms with van der Waals surface area (Å²) in [5, 5.41) is 9.82. The summed E-state index contributed by atoms with van der Waals surface area (Å²) in [6.07, 6.45) is 3.64. The summed E-state index contributed by atoms with van der Waals surface area (Å²) in [6, 6.07) is 14.3. The molecule has 2 N–H and O–H groups in total. The summed E-state index contributed by atoms with van der Waals surface area (Å²) in [5.74, 6) is 0.199. The predicted molar refractivity (Wildman–Crippen MR) is 117 cm³/mol. The van der Waals surface area contributed by atoms with Crippen LogP contribution in [-0.2, 0) is 16.1 Å². The first-order valence-electron chi connectivity index (χ1n) is 9.34. The molecule has 0 saturated heterocycles. The van der Waals surface area contributed by atoms with Crippen LogP contribution in [0.4, 0.5) is 11.4 Å². The molecule has 0 radical (unpaired) electrons. The number of nitrogens with one attached hydrogen (secondary N) is 2. The molecule has 1 aliphatic rings. The fourth-order valence-electron chi connectivity index (χ4n) is 2.99. The quantitative estimate of drug-likeness (QED) is 0.576. The van der Waals surface area contributed by atoms with Crippen LogP contribution in [0.1, 0.15) is 6.42 Å². The second-order valence-corrected chi connectivity index (χ2v) is 8.31. The van der Waals surface area contributed by atoms with Gasteiger partial charge in [0.05, 0.1) is 17.5 Å². The number of benzene rings is 2. The molecule has 0 spiro atoms. The number of carbonyl (C=O) groups is 2. The van der Waals surface area contributed by atoms with E-state index in [1.54, 1.807) is 41.2 Å². The lowest BCUT2D eigenvalue weighted by atomic mass is 10.2. The van der Waals surface area contributed by atoms with Gasteiger partial charge in [-0.25, -0.2) is 0 Å². The average molecular weight is 443 g/mol. The molecule has 7 nitrogen and oxygen atoms in total. The highest BCUT2D eigenvalue weighted by atomic mass is 35.5. The number of fused-ring (bicyclic) bond motifs is 1. The van der Waals surface area contributed by atoms with E-state index in [0.29, 0.717) is 35.3 Å². The van der Waals surface area contributed by atoms with Crippen LogP contribution in [0.3, 0.4) is 0 Å². The van der Waals surface area contributed by atoms with E-state index in [4.69, 9.17) is 16.3 Å². The van der Waals surface area contributed by atoms with E-state index < -0.39 is 5.25 Å². The number of hydrogen-bond acceptors (Lipinski definition) is 5. The van der Waals surface area contributed by atoms with E-state index in [2.05, 4.69) is 15.7 Å². The molecule has 1 aromatic heterocycles. The van der Waals surface area contributed by atoms with E-state index in [0.717, 1.165) is 4.90 Å². The van der Waals surface area contributed by atoms with Crippen molar-refractivity contribution in [2.75, 3.05) is 17.2 Å². The monoisotopic (exact) mass is 442 g/mol. The third-order valence-corrected chi connectivity index (χ3v) is 5.91. The Balaban J connectivity index is 1.31. The molecule has 0 aliphatic carbocycles. The molecular weight excluding hydrogens is 424 g/mol. The van der Waals surface area contributed by atoms with Crippen molar-refractivity contribution in [3.63, 3.8) is 0 Å². The molecule has 3 aromatic rings. The highest BCUT2D eigenvalue weighted by molar-refractivity contribution is 8.01. The summed E-state index contributed by atoms with van der Waals surface area (Å²) in [4.78, 5) is 25.7. The van der Waals surface area contributed by atoms with Crippen molar-refractivity contribution in [2.24, 2.45) is 0 Å². The minimum atomic E-state index is -0.507. The van der Waals surface area contributed by atoms with E-state index >= 15 is 0 Å². The molecule has 2 aromatic carbocycles. The topological polar surface area (TPSA) is 85.3 Å². The van der Waals surface area contributed by atoms with Gasteiger partial charge < -0.3 is 15.4 Å². The number of aromatic nitrogens is 2. The maximum atomic E-state index is 12.5. The number of nitrogens with zero attached hydrogens (tertiary/aromatic N) is 2. The van der Waals surface area contributed by atoms with Crippen LogP contribution in [0.5, 0.6) is 5.75 Å². The summed E-state index contributed by atoms with van der Waals surface area (Å²) < 4.78 is 7.51. The van der Waals surface area contributed by atoms with E-state index in [1.807, 2.05) is 24.4 Å². The van der Waals surface area contributed by atoms with Gasteiger partial charge in [-0.3, -0.25) is 14.3 Å². The molecule has 2 heterocycles. The second kappa shape index (κ2) is 9.23. The van der Waals surface area contributed by atoms with Crippen molar-refractivity contribution in [1.29, 1.82) is 0 Å². The molecule has 0 bridgehead atoms. The van der Waals surface area contributed by atoms with Gasteiger partial charge in [-0.1, -0.05) is 17.7 Å². The van der Waals surface area contributed by atoms with Gasteiger partial charge in [0.15, 0.2) is 0 Å². The molecule has 0 saturated carbocycles. The minimum Gasteiger partial charge on any atom is -0.492 e. The molecule has 4 rings (SSSR count). The Labute approximate surface area is 182 Å². The van der Waals surface area contributed by atoms with Crippen molar-refractivity contribution in [3.05, 3.63) is 65.9 Å². The number of anilines is 2. The van der Waals surface area contributed by atoms with Gasteiger partial charge in [0, 0.05) is 40.5 Å². The van der Waals surface area contributed by atoms with Gasteiger partial charge in [0.2, 0.25) is 11.8 Å². The normalized spacial score (nSPS) is 15.2. The largest absolute Gasteiger partial charge is 0.492 e. The highest BCUT2D eigenvalue weighted by Gasteiger charge is 2.29. The fraction of sp³-hybridized carbons (Fsp3) is 0.190. The number of halogens is 1. The predicted octanol–water partition coefficient (Wildman–Crippen LogP) is 4.06. The molecule has 30 heavy (non-hydrogen) atoms. The molecule has 1 aliphatic heterocycles. The molecule has 9 heteroatoms. The van der Waals surface area contributed by atoms with Crippen LogP contribution in [0.2, 0.25) is 5.02 Å². The van der Waals surface area contributed by atoms with E-state index in [1.165, 1.54) is 11.8 Å². The first kappa shape index (κ1) is 20.3. The lowest BCUT2D eigenvalue weighted by Gasteiger charge is -2.23. The van der Waals surface area contributed by atoms with Gasteiger partial charge in [0.1, 0.15) is 12.4 Å². The first-order valence-corrected chi connectivity index (χ1v) is 10.6. The van der Waals surface area contributed by atoms with Crippen LogP contribution in [0.25, 0.3) is 0 Å². The number of rotatable bonds is 7. The van der Waals surface area contributed by atoms with E-state index in [-0.39, 0.29) is 18.2 Å². The minimum absolute atomic E-state index is 0.0585. The number of ether oxygens (including phenoxy) is 1. The van der Waals surface area contributed by atoms with Crippen molar-refractivity contribution >= 4 is 46.6 Å². The van der Waals surface area contributed by atoms with Gasteiger partial charge in [-0.2, -0.15) is 5.10 Å². The first-order chi connectivity index (χ1) is 14.6. The lowest BCUT2D eigenvalue weighted by molar-refractivity contribution is -0.120. The molecule has 154 valence electrons.